The van der Waals surface area contributed by atoms with Crippen LogP contribution >= 0.6 is 0 Å². The zero-order valence-corrected chi connectivity index (χ0v) is 15.6. The van der Waals surface area contributed by atoms with Crippen molar-refractivity contribution in [2.24, 2.45) is 11.7 Å². The molecule has 7 heteroatoms. The largest absolute Gasteiger partial charge is 0.327 e. The molecule has 0 aliphatic carbocycles. The van der Waals surface area contributed by atoms with Gasteiger partial charge in [0.1, 0.15) is 0 Å². The summed E-state index contributed by atoms with van der Waals surface area (Å²) >= 11 is 0. The molecule has 1 unspecified atom stereocenters. The molecule has 1 amide bonds. The molecule has 0 fully saturated rings. The van der Waals surface area contributed by atoms with E-state index in [1.165, 1.54) is 11.2 Å². The van der Waals surface area contributed by atoms with Gasteiger partial charge in [-0.05, 0) is 42.5 Å². The van der Waals surface area contributed by atoms with E-state index in [1.54, 1.807) is 30.1 Å². The van der Waals surface area contributed by atoms with Gasteiger partial charge >= 0.3 is 0 Å². The SMILES string of the molecule is CC(=O)N1CCc2cc(S(=O)(=O)N(C)CCC(N)C(C)C)ccc21. The molecule has 0 aromatic heterocycles. The molecule has 134 valence electrons. The minimum Gasteiger partial charge on any atom is -0.327 e. The molecule has 1 aliphatic rings. The maximum Gasteiger partial charge on any atom is 0.242 e. The van der Waals surface area contributed by atoms with Crippen molar-refractivity contribution in [2.75, 3.05) is 25.0 Å². The second-order valence-corrected chi connectivity index (χ2v) is 8.78. The van der Waals surface area contributed by atoms with Crippen LogP contribution in [-0.2, 0) is 21.2 Å². The normalized spacial score (nSPS) is 15.9. The summed E-state index contributed by atoms with van der Waals surface area (Å²) in [5, 5.41) is 0. The van der Waals surface area contributed by atoms with Crippen LogP contribution in [0.2, 0.25) is 0 Å². The summed E-state index contributed by atoms with van der Waals surface area (Å²) in [5.74, 6) is 0.294. The lowest BCUT2D eigenvalue weighted by Crippen LogP contribution is -2.34. The molecule has 1 heterocycles. The van der Waals surface area contributed by atoms with Gasteiger partial charge in [-0.25, -0.2) is 12.7 Å². The van der Waals surface area contributed by atoms with E-state index in [-0.39, 0.29) is 16.8 Å². The first-order valence-electron chi connectivity index (χ1n) is 8.27. The zero-order valence-electron chi connectivity index (χ0n) is 14.8. The molecular weight excluding hydrogens is 326 g/mol. The third-order valence-electron chi connectivity index (χ3n) is 4.67. The fraction of sp³-hybridized carbons (Fsp3) is 0.588. The van der Waals surface area contributed by atoms with Crippen molar-refractivity contribution in [3.8, 4) is 0 Å². The fourth-order valence-electron chi connectivity index (χ4n) is 2.83. The second kappa shape index (κ2) is 7.21. The van der Waals surface area contributed by atoms with Crippen LogP contribution in [0.4, 0.5) is 5.69 Å². The average molecular weight is 353 g/mol. The number of sulfonamides is 1. The van der Waals surface area contributed by atoms with E-state index in [0.29, 0.717) is 31.8 Å². The zero-order chi connectivity index (χ0) is 18.1. The Hall–Kier alpha value is -1.44. The average Bonchev–Trinajstić information content (AvgIpc) is 2.95. The number of hydrogen-bond acceptors (Lipinski definition) is 4. The van der Waals surface area contributed by atoms with Crippen molar-refractivity contribution >= 4 is 21.6 Å². The Morgan fingerprint density at radius 3 is 2.62 bits per heavy atom. The lowest BCUT2D eigenvalue weighted by Gasteiger charge is -2.22. The molecule has 2 N–H and O–H groups in total. The second-order valence-electron chi connectivity index (χ2n) is 6.73. The Morgan fingerprint density at radius 2 is 2.04 bits per heavy atom. The molecular formula is C17H27N3O3S. The van der Waals surface area contributed by atoms with E-state index in [4.69, 9.17) is 5.73 Å². The van der Waals surface area contributed by atoms with E-state index in [1.807, 2.05) is 13.8 Å². The number of nitrogens with two attached hydrogens (primary N) is 1. The van der Waals surface area contributed by atoms with Crippen molar-refractivity contribution in [1.29, 1.82) is 0 Å². The van der Waals surface area contributed by atoms with E-state index in [2.05, 4.69) is 0 Å². The first kappa shape index (κ1) is 18.9. The summed E-state index contributed by atoms with van der Waals surface area (Å²) in [6.45, 7) is 6.57. The standard InChI is InChI=1S/C17H27N3O3S/c1-12(2)16(18)8-9-19(4)24(22,23)15-5-6-17-14(11-15)7-10-20(17)13(3)21/h5-6,11-12,16H,7-10,18H2,1-4H3. The summed E-state index contributed by atoms with van der Waals surface area (Å²) in [7, 11) is -1.96. The van der Waals surface area contributed by atoms with E-state index in [0.717, 1.165) is 11.3 Å². The molecule has 6 nitrogen and oxygen atoms in total. The van der Waals surface area contributed by atoms with Crippen LogP contribution in [-0.4, -0.2) is 44.8 Å². The van der Waals surface area contributed by atoms with Gasteiger partial charge in [0.15, 0.2) is 0 Å². The predicted octanol–water partition coefficient (Wildman–Crippen LogP) is 1.59. The van der Waals surface area contributed by atoms with Crippen LogP contribution in [0.25, 0.3) is 0 Å². The van der Waals surface area contributed by atoms with Crippen molar-refractivity contribution in [2.45, 2.75) is 44.6 Å². The van der Waals surface area contributed by atoms with Crippen LogP contribution in [0, 0.1) is 5.92 Å². The molecule has 1 aliphatic heterocycles. The van der Waals surface area contributed by atoms with Gasteiger partial charge in [0.25, 0.3) is 0 Å². The molecule has 0 bridgehead atoms. The first-order chi connectivity index (χ1) is 11.1. The molecule has 24 heavy (non-hydrogen) atoms. The van der Waals surface area contributed by atoms with Crippen LogP contribution in [0.15, 0.2) is 23.1 Å². The summed E-state index contributed by atoms with van der Waals surface area (Å²) in [6, 6.07) is 4.97. The van der Waals surface area contributed by atoms with Gasteiger partial charge in [0.05, 0.1) is 4.90 Å². The van der Waals surface area contributed by atoms with Gasteiger partial charge in [0.2, 0.25) is 15.9 Å². The number of nitrogens with zero attached hydrogens (tertiary/aromatic N) is 2. The van der Waals surface area contributed by atoms with Gasteiger partial charge in [-0.3, -0.25) is 4.79 Å². The van der Waals surface area contributed by atoms with E-state index in [9.17, 15) is 13.2 Å². The number of anilines is 1. The highest BCUT2D eigenvalue weighted by atomic mass is 32.2. The Labute approximate surface area is 144 Å². The van der Waals surface area contributed by atoms with Gasteiger partial charge in [-0.2, -0.15) is 0 Å². The maximum absolute atomic E-state index is 12.7. The molecule has 0 saturated carbocycles. The number of hydrogen-bond donors (Lipinski definition) is 1. The van der Waals surface area contributed by atoms with Crippen LogP contribution < -0.4 is 10.6 Å². The molecule has 0 saturated heterocycles. The van der Waals surface area contributed by atoms with Crippen LogP contribution in [0.3, 0.4) is 0 Å². The molecule has 1 aromatic rings. The predicted molar refractivity (Wildman–Crippen MR) is 95.4 cm³/mol. The minimum atomic E-state index is -3.55. The quantitative estimate of drug-likeness (QED) is 0.842. The van der Waals surface area contributed by atoms with Crippen LogP contribution in [0.1, 0.15) is 32.8 Å². The summed E-state index contributed by atoms with van der Waals surface area (Å²) in [5.41, 5.74) is 7.72. The number of carbonyl (C=O) groups is 1. The molecule has 0 radical (unpaired) electrons. The Bertz CT molecular complexity index is 716. The minimum absolute atomic E-state index is 0.0215. The number of rotatable bonds is 6. The number of carbonyl (C=O) groups excluding carboxylic acids is 1. The Kier molecular flexibility index (Phi) is 5.67. The van der Waals surface area contributed by atoms with Crippen LogP contribution in [0.5, 0.6) is 0 Å². The van der Waals surface area contributed by atoms with Crippen molar-refractivity contribution in [1.82, 2.24) is 4.31 Å². The third-order valence-corrected chi connectivity index (χ3v) is 6.52. The smallest absolute Gasteiger partial charge is 0.242 e. The Morgan fingerprint density at radius 1 is 1.38 bits per heavy atom. The maximum atomic E-state index is 12.7. The summed E-state index contributed by atoms with van der Waals surface area (Å²) in [6.07, 6.45) is 1.30. The molecule has 2 rings (SSSR count). The highest BCUT2D eigenvalue weighted by Crippen LogP contribution is 2.31. The molecule has 1 atom stereocenters. The third kappa shape index (κ3) is 3.79. The summed E-state index contributed by atoms with van der Waals surface area (Å²) < 4.78 is 26.8. The number of fused-ring (bicyclic) bond motifs is 1. The van der Waals surface area contributed by atoms with Crippen molar-refractivity contribution in [3.05, 3.63) is 23.8 Å². The highest BCUT2D eigenvalue weighted by Gasteiger charge is 2.27. The van der Waals surface area contributed by atoms with Crippen molar-refractivity contribution in [3.63, 3.8) is 0 Å². The number of amides is 1. The monoisotopic (exact) mass is 353 g/mol. The summed E-state index contributed by atoms with van der Waals surface area (Å²) in [4.78, 5) is 13.5. The van der Waals surface area contributed by atoms with Crippen molar-refractivity contribution < 1.29 is 13.2 Å². The molecule has 0 spiro atoms. The van der Waals surface area contributed by atoms with Gasteiger partial charge in [-0.15, -0.1) is 0 Å². The Balaban J connectivity index is 2.17. The lowest BCUT2D eigenvalue weighted by molar-refractivity contribution is -0.116. The molecule has 1 aromatic carbocycles. The fourth-order valence-corrected chi connectivity index (χ4v) is 4.07. The van der Waals surface area contributed by atoms with E-state index >= 15 is 0 Å². The first-order valence-corrected chi connectivity index (χ1v) is 9.71. The highest BCUT2D eigenvalue weighted by molar-refractivity contribution is 7.89. The van der Waals surface area contributed by atoms with Gasteiger partial charge in [-0.1, -0.05) is 13.8 Å². The van der Waals surface area contributed by atoms with Gasteiger partial charge < -0.3 is 10.6 Å². The topological polar surface area (TPSA) is 83.7 Å². The lowest BCUT2D eigenvalue weighted by atomic mass is 10.0. The van der Waals surface area contributed by atoms with Gasteiger partial charge in [0, 0.05) is 38.8 Å². The number of benzene rings is 1. The van der Waals surface area contributed by atoms with E-state index < -0.39 is 10.0 Å².